The summed E-state index contributed by atoms with van der Waals surface area (Å²) in [7, 11) is 8.21. The molecule has 0 fully saturated rings. The third-order valence-electron chi connectivity index (χ3n) is 7.71. The molecule has 0 spiro atoms. The topological polar surface area (TPSA) is 953 Å². The molecule has 0 aliphatic carbocycles. The van der Waals surface area contributed by atoms with Crippen molar-refractivity contribution in [3.8, 4) is 0 Å². The van der Waals surface area contributed by atoms with Crippen LogP contribution in [0.4, 0.5) is 0 Å². The molecule has 60 heteroatoms. The minimum Gasteiger partial charge on any atom is -2.00 e. The summed E-state index contributed by atoms with van der Waals surface area (Å²) in [5, 5.41) is 154. The number of aliphatic carboxylic acids is 4. The summed E-state index contributed by atoms with van der Waals surface area (Å²) in [4.78, 5) is 102. The number of carbonyl (C=O) groups excluding carboxylic acids is 4. The van der Waals surface area contributed by atoms with Crippen LogP contribution in [0.5, 0.6) is 0 Å². The van der Waals surface area contributed by atoms with E-state index in [4.69, 9.17) is 162 Å². The SMILES string of the molecule is CCCCCn1cc[n+](C)c1.CCCCCn1cc[n+](C)c1.CCCCCn1cc[n+](C)c1.CCCCCn1cc[n+](C)c1.O=C([O-])C(=O)[O-].O=C([O-])C(=O)[O-].O=[N+]([O-])[O-].O=[N+]([O-])[O-].O=[N+]([O-])[O-].O=[N+]([O-])[O-].O=[N+]([O-])[O-].O=[N+]([O-])[O-].O=[N+]([O-])[O-].O=[N+]([O-])[O-].[O-2].[O-2].[O-2].[O-2].[O-2].[O-2].[O-2].[O-2].[U].[U].[U].[U]. The number of unbranched alkanes of at least 4 members (excludes halogenated alkanes) is 8. The van der Waals surface area contributed by atoms with Gasteiger partial charge < -0.3 is 206 Å². The molecular weight excluding hydrogens is 2300 g/mol. The molecule has 100 heavy (non-hydrogen) atoms. The molecule has 0 unspecified atom stereocenters. The van der Waals surface area contributed by atoms with Crippen LogP contribution < -0.4 is 38.7 Å². The Kier molecular flexibility index (Phi) is 180. The number of imidazole rings is 4. The number of carboxylic acids is 4. The Hall–Kier alpha value is -7.79. The van der Waals surface area contributed by atoms with Gasteiger partial charge >= 0.3 is 0 Å². The van der Waals surface area contributed by atoms with Gasteiger partial charge in [0.2, 0.25) is 25.3 Å². The second kappa shape index (κ2) is 115. The van der Waals surface area contributed by atoms with Gasteiger partial charge in [-0.15, -0.1) is 0 Å². The summed E-state index contributed by atoms with van der Waals surface area (Å²) >= 11 is 0. The number of nitrogens with zero attached hydrogens (tertiary/aromatic N) is 16. The zero-order chi connectivity index (χ0) is 71.3. The van der Waals surface area contributed by atoms with Crippen molar-refractivity contribution in [1.29, 1.82) is 0 Å². The van der Waals surface area contributed by atoms with Crippen molar-refractivity contribution in [3.05, 3.63) is 197 Å². The summed E-state index contributed by atoms with van der Waals surface area (Å²) in [5.41, 5.74) is 0. The van der Waals surface area contributed by atoms with Crippen molar-refractivity contribution in [3.63, 3.8) is 0 Å². The molecule has 4 aromatic rings. The molecule has 588 valence electrons. The van der Waals surface area contributed by atoms with Crippen molar-refractivity contribution >= 4 is 23.9 Å². The molecule has 56 nitrogen and oxygen atoms in total. The van der Waals surface area contributed by atoms with E-state index in [1.807, 2.05) is 0 Å². The van der Waals surface area contributed by atoms with Crippen LogP contribution in [0.2, 0.25) is 0 Å². The van der Waals surface area contributed by atoms with Gasteiger partial charge in [0, 0.05) is 124 Å². The normalized spacial score (nSPS) is 7.36. The first-order valence-electron chi connectivity index (χ1n) is 23.9. The van der Waals surface area contributed by atoms with Crippen LogP contribution in [0.3, 0.4) is 0 Å². The van der Waals surface area contributed by atoms with Gasteiger partial charge in [0.05, 0.1) is 119 Å². The molecule has 0 aromatic carbocycles. The molecule has 0 N–H and O–H groups in total. The maximum Gasteiger partial charge on any atom is 0.243 e. The Morgan fingerprint density at radius 1 is 0.270 bits per heavy atom. The van der Waals surface area contributed by atoms with Crippen molar-refractivity contribution < 1.29 is 267 Å². The van der Waals surface area contributed by atoms with E-state index in [1.54, 1.807) is 0 Å². The second-order valence-corrected chi connectivity index (χ2v) is 15.0. The Morgan fingerprint density at radius 3 is 0.430 bits per heavy atom. The minimum absolute atomic E-state index is 0. The van der Waals surface area contributed by atoms with Gasteiger partial charge in [0.25, 0.3) is 0 Å². The molecule has 0 saturated carbocycles. The molecule has 0 atom stereocenters. The van der Waals surface area contributed by atoms with Crippen LogP contribution in [0.1, 0.15) is 105 Å². The molecule has 4 heterocycles. The summed E-state index contributed by atoms with van der Waals surface area (Å²) in [6, 6.07) is 0. The van der Waals surface area contributed by atoms with E-state index >= 15 is 0 Å². The summed E-state index contributed by atoms with van der Waals surface area (Å²) in [6.45, 7) is 13.6. The predicted molar refractivity (Wildman–Crippen MR) is 289 cm³/mol. The van der Waals surface area contributed by atoms with E-state index in [9.17, 15) is 0 Å². The number of carboxylic acid groups (broad SMARTS) is 4. The van der Waals surface area contributed by atoms with E-state index in [0.717, 1.165) is 26.2 Å². The zero-order valence-electron chi connectivity index (χ0n) is 53.7. The number of rotatable bonds is 16. The van der Waals surface area contributed by atoms with Gasteiger partial charge in [-0.1, -0.05) is 53.4 Å². The molecule has 0 bridgehead atoms. The first-order valence-corrected chi connectivity index (χ1v) is 23.9. The van der Waals surface area contributed by atoms with E-state index in [2.05, 4.69) is 167 Å². The maximum atomic E-state index is 8.93. The fourth-order valence-corrected chi connectivity index (χ4v) is 4.71. The first-order chi connectivity index (χ1) is 40.4. The van der Waals surface area contributed by atoms with Crippen molar-refractivity contribution in [1.82, 2.24) is 18.3 Å². The monoisotopic (exact) mass is 2360 g/mol. The molecule has 0 aliphatic rings. The maximum absolute atomic E-state index is 8.93. The van der Waals surface area contributed by atoms with Gasteiger partial charge in [0.15, 0.2) is 0 Å². The van der Waals surface area contributed by atoms with Crippen LogP contribution in [-0.2, 0) is 117 Å². The van der Waals surface area contributed by atoms with Crippen LogP contribution in [0.15, 0.2) is 74.9 Å². The van der Waals surface area contributed by atoms with E-state index in [-0.39, 0.29) is 168 Å². The molecule has 0 radical (unpaired) electrons. The number of hydrogen-bond acceptors (Lipinski definition) is 32. The first kappa shape index (κ1) is 156. The number of carbonyl (C=O) groups is 4. The Bertz CT molecular complexity index is 2080. The molecule has 0 amide bonds. The summed E-state index contributed by atoms with van der Waals surface area (Å²) in [5.74, 6) is -8.74. The van der Waals surface area contributed by atoms with Gasteiger partial charge in [0.1, 0.15) is 49.6 Å². The van der Waals surface area contributed by atoms with E-state index in [1.165, 1.54) is 77.0 Å². The van der Waals surface area contributed by atoms with Gasteiger partial charge in [-0.2, -0.15) is 0 Å². The van der Waals surface area contributed by atoms with Crippen LogP contribution in [0.25, 0.3) is 0 Å². The average Bonchev–Trinajstić information content (AvgIpc) is 4.23. The third kappa shape index (κ3) is 227. The minimum atomic E-state index is -2.19. The van der Waals surface area contributed by atoms with Crippen LogP contribution >= 0.6 is 0 Å². The van der Waals surface area contributed by atoms with Crippen LogP contribution in [-0.4, -0.2) is 82.8 Å². The number of aryl methyl sites for hydroxylation is 8. The Balaban J connectivity index is -0.0000000332. The standard InChI is InChI=1S/4C9H17N2.2C2H2O4.8NO3.8O.4U/c4*1-3-4-5-6-11-8-7-10(2)9-11;2*3-1(4)2(5)6;8*2-1(3)4;;;;;;;;;;;;/h4*7-9H,3-6H2,1-2H3;2*(H,3,4)(H,5,6);;;;;;;;;;;;;;;;;;;;/q4*+1;;;8*-1;8*-2;;;;/p-4. The summed E-state index contributed by atoms with van der Waals surface area (Å²) < 4.78 is 17.2. The largest absolute Gasteiger partial charge is 2.00 e. The van der Waals surface area contributed by atoms with Gasteiger partial charge in [-0.25, -0.2) is 36.5 Å². The second-order valence-electron chi connectivity index (χ2n) is 15.0. The molecular formula is C40H68N16O40U4-24. The quantitative estimate of drug-likeness (QED) is 0.0340. The van der Waals surface area contributed by atoms with E-state index in [0.29, 0.717) is 0 Å². The summed E-state index contributed by atoms with van der Waals surface area (Å²) in [6.07, 6.45) is 41.0. The Morgan fingerprint density at radius 2 is 0.370 bits per heavy atom. The van der Waals surface area contributed by atoms with Crippen LogP contribution in [0, 0.1) is 247 Å². The van der Waals surface area contributed by atoms with Crippen molar-refractivity contribution in [2.75, 3.05) is 0 Å². The number of hydrogen-bond donors (Lipinski definition) is 0. The molecule has 0 aliphatic heterocycles. The average molecular weight is 2370 g/mol. The van der Waals surface area contributed by atoms with Crippen molar-refractivity contribution in [2.45, 2.75) is 131 Å². The van der Waals surface area contributed by atoms with Gasteiger partial charge in [-0.05, 0) is 51.4 Å². The fourth-order valence-electron chi connectivity index (χ4n) is 4.71. The predicted octanol–water partition coefficient (Wildman–Crippen LogP) is -3.88. The molecule has 4 aromatic heterocycles. The number of aromatic nitrogens is 8. The van der Waals surface area contributed by atoms with Crippen molar-refractivity contribution in [2.24, 2.45) is 28.2 Å². The molecule has 0 saturated heterocycles. The van der Waals surface area contributed by atoms with Gasteiger partial charge in [-0.3, -0.25) is 0 Å². The third-order valence-corrected chi connectivity index (χ3v) is 7.71. The Labute approximate surface area is 660 Å². The van der Waals surface area contributed by atoms with E-state index < -0.39 is 64.6 Å². The smallest absolute Gasteiger partial charge is 0.243 e. The fraction of sp³-hybridized carbons (Fsp3) is 0.600. The molecule has 4 rings (SSSR count). The zero-order valence-corrected chi connectivity index (χ0v) is 70.4.